The molecule has 1 aromatic heterocycles. The minimum absolute atomic E-state index is 0.245. The third-order valence-electron chi connectivity index (χ3n) is 1.50. The summed E-state index contributed by atoms with van der Waals surface area (Å²) in [5.74, 6) is 5.13. The molecule has 0 spiro atoms. The molecule has 62 valence electrons. The fourth-order valence-corrected chi connectivity index (χ4v) is 1.79. The molecule has 3 heteroatoms. The molecule has 0 saturated carbocycles. The fourth-order valence-electron chi connectivity index (χ4n) is 0.874. The van der Waals surface area contributed by atoms with E-state index in [1.807, 2.05) is 19.9 Å². The molecule has 2 N–H and O–H groups in total. The molecule has 0 unspecified atom stereocenters. The van der Waals surface area contributed by atoms with E-state index in [9.17, 15) is 0 Å². The van der Waals surface area contributed by atoms with Gasteiger partial charge in [0.25, 0.3) is 0 Å². The topological polar surface area (TPSA) is 35.2 Å². The molecule has 0 atom stereocenters. The SMILES string of the molecule is CC(C)(Cc1cccs1)ON. The molecule has 2 nitrogen and oxygen atoms in total. The van der Waals surface area contributed by atoms with Crippen LogP contribution in [0.1, 0.15) is 18.7 Å². The summed E-state index contributed by atoms with van der Waals surface area (Å²) in [4.78, 5) is 6.12. The molecular weight excluding hydrogens is 158 g/mol. The summed E-state index contributed by atoms with van der Waals surface area (Å²) in [5, 5.41) is 2.06. The molecule has 0 saturated heterocycles. The van der Waals surface area contributed by atoms with Gasteiger partial charge < -0.3 is 0 Å². The second-order valence-electron chi connectivity index (χ2n) is 3.13. The molecule has 1 aromatic rings. The monoisotopic (exact) mass is 171 g/mol. The van der Waals surface area contributed by atoms with Crippen LogP contribution in [0.25, 0.3) is 0 Å². The zero-order valence-electron chi connectivity index (χ0n) is 6.83. The van der Waals surface area contributed by atoms with Crippen molar-refractivity contribution in [3.05, 3.63) is 22.4 Å². The van der Waals surface area contributed by atoms with Crippen molar-refractivity contribution in [2.75, 3.05) is 0 Å². The Morgan fingerprint density at radius 2 is 2.36 bits per heavy atom. The van der Waals surface area contributed by atoms with Crippen LogP contribution in [0.3, 0.4) is 0 Å². The summed E-state index contributed by atoms with van der Waals surface area (Å²) >= 11 is 1.73. The first-order chi connectivity index (χ1) is 5.14. The quantitative estimate of drug-likeness (QED) is 0.705. The van der Waals surface area contributed by atoms with E-state index in [4.69, 9.17) is 10.7 Å². The zero-order valence-corrected chi connectivity index (χ0v) is 7.65. The Hall–Kier alpha value is -0.380. The predicted octanol–water partition coefficient (Wildman–Crippen LogP) is 1.96. The van der Waals surface area contributed by atoms with Crippen LogP contribution >= 0.6 is 11.3 Å². The van der Waals surface area contributed by atoms with Crippen LogP contribution in [0.5, 0.6) is 0 Å². The summed E-state index contributed by atoms with van der Waals surface area (Å²) in [6.07, 6.45) is 0.876. The van der Waals surface area contributed by atoms with Crippen molar-refractivity contribution in [2.24, 2.45) is 5.90 Å². The van der Waals surface area contributed by atoms with Gasteiger partial charge in [-0.05, 0) is 25.3 Å². The van der Waals surface area contributed by atoms with Crippen molar-refractivity contribution < 1.29 is 4.84 Å². The van der Waals surface area contributed by atoms with Gasteiger partial charge in [-0.25, -0.2) is 5.90 Å². The second-order valence-corrected chi connectivity index (χ2v) is 4.17. The van der Waals surface area contributed by atoms with E-state index in [1.54, 1.807) is 11.3 Å². The molecular formula is C8H13NOS. The lowest BCUT2D eigenvalue weighted by Gasteiger charge is -2.20. The summed E-state index contributed by atoms with van der Waals surface area (Å²) in [6.45, 7) is 3.96. The minimum Gasteiger partial charge on any atom is -0.298 e. The van der Waals surface area contributed by atoms with E-state index in [-0.39, 0.29) is 5.60 Å². The van der Waals surface area contributed by atoms with Crippen LogP contribution in [0.15, 0.2) is 17.5 Å². The molecule has 0 fully saturated rings. The predicted molar refractivity (Wildman–Crippen MR) is 47.4 cm³/mol. The van der Waals surface area contributed by atoms with E-state index in [0.717, 1.165) is 6.42 Å². The maximum Gasteiger partial charge on any atom is 0.0885 e. The maximum atomic E-state index is 5.13. The van der Waals surface area contributed by atoms with Crippen LogP contribution in [0.2, 0.25) is 0 Å². The Balaban J connectivity index is 2.56. The average Bonchev–Trinajstić information content (AvgIpc) is 2.39. The van der Waals surface area contributed by atoms with Crippen LogP contribution in [0.4, 0.5) is 0 Å². The lowest BCUT2D eigenvalue weighted by atomic mass is 10.0. The summed E-state index contributed by atoms with van der Waals surface area (Å²) in [5.41, 5.74) is -0.245. The van der Waals surface area contributed by atoms with E-state index < -0.39 is 0 Å². The third-order valence-corrected chi connectivity index (χ3v) is 2.38. The maximum absolute atomic E-state index is 5.13. The molecule has 0 aliphatic rings. The first-order valence-corrected chi connectivity index (χ1v) is 4.42. The first kappa shape index (κ1) is 8.71. The van der Waals surface area contributed by atoms with Gasteiger partial charge in [-0.3, -0.25) is 4.84 Å². The van der Waals surface area contributed by atoms with Crippen LogP contribution in [-0.4, -0.2) is 5.60 Å². The van der Waals surface area contributed by atoms with Crippen molar-refractivity contribution in [1.82, 2.24) is 0 Å². The molecule has 1 heterocycles. The van der Waals surface area contributed by atoms with Crippen LogP contribution in [0, 0.1) is 0 Å². The van der Waals surface area contributed by atoms with Gasteiger partial charge >= 0.3 is 0 Å². The number of rotatable bonds is 3. The normalized spacial score (nSPS) is 11.9. The standard InChI is InChI=1S/C8H13NOS/c1-8(2,10-9)6-7-4-3-5-11-7/h3-5H,6,9H2,1-2H3. The Kier molecular flexibility index (Phi) is 2.65. The Morgan fingerprint density at radius 1 is 1.64 bits per heavy atom. The van der Waals surface area contributed by atoms with Crippen LogP contribution in [-0.2, 0) is 11.3 Å². The van der Waals surface area contributed by atoms with Gasteiger partial charge in [-0.15, -0.1) is 11.3 Å². The molecule has 0 aromatic carbocycles. The van der Waals surface area contributed by atoms with Gasteiger partial charge in [-0.2, -0.15) is 0 Å². The smallest absolute Gasteiger partial charge is 0.0885 e. The first-order valence-electron chi connectivity index (χ1n) is 3.54. The van der Waals surface area contributed by atoms with Crippen molar-refractivity contribution in [2.45, 2.75) is 25.9 Å². The van der Waals surface area contributed by atoms with Gasteiger partial charge in [0.15, 0.2) is 0 Å². The number of hydrogen-bond donors (Lipinski definition) is 1. The highest BCUT2D eigenvalue weighted by atomic mass is 32.1. The van der Waals surface area contributed by atoms with Crippen molar-refractivity contribution in [1.29, 1.82) is 0 Å². The molecule has 0 radical (unpaired) electrons. The minimum atomic E-state index is -0.245. The van der Waals surface area contributed by atoms with Gasteiger partial charge in [0.05, 0.1) is 5.60 Å². The highest BCUT2D eigenvalue weighted by molar-refractivity contribution is 7.09. The fraction of sp³-hybridized carbons (Fsp3) is 0.500. The summed E-state index contributed by atoms with van der Waals surface area (Å²) in [6, 6.07) is 4.12. The Labute approximate surface area is 70.9 Å². The van der Waals surface area contributed by atoms with E-state index in [2.05, 4.69) is 11.4 Å². The van der Waals surface area contributed by atoms with E-state index in [0.29, 0.717) is 0 Å². The lowest BCUT2D eigenvalue weighted by molar-refractivity contribution is -0.0181. The number of thiophene rings is 1. The van der Waals surface area contributed by atoms with Gasteiger partial charge in [0.2, 0.25) is 0 Å². The molecule has 1 rings (SSSR count). The van der Waals surface area contributed by atoms with Crippen molar-refractivity contribution >= 4 is 11.3 Å². The summed E-state index contributed by atoms with van der Waals surface area (Å²) in [7, 11) is 0. The van der Waals surface area contributed by atoms with E-state index in [1.165, 1.54) is 4.88 Å². The lowest BCUT2D eigenvalue weighted by Crippen LogP contribution is -2.30. The highest BCUT2D eigenvalue weighted by Gasteiger charge is 2.18. The second kappa shape index (κ2) is 3.34. The Morgan fingerprint density at radius 3 is 2.82 bits per heavy atom. The largest absolute Gasteiger partial charge is 0.298 e. The van der Waals surface area contributed by atoms with Gasteiger partial charge in [-0.1, -0.05) is 6.07 Å². The average molecular weight is 171 g/mol. The molecule has 0 aliphatic heterocycles. The number of hydrogen-bond acceptors (Lipinski definition) is 3. The highest BCUT2D eigenvalue weighted by Crippen LogP contribution is 2.18. The number of nitrogens with two attached hydrogens (primary N) is 1. The molecule has 0 amide bonds. The van der Waals surface area contributed by atoms with Crippen LogP contribution < -0.4 is 5.90 Å². The Bertz CT molecular complexity index is 206. The zero-order chi connectivity index (χ0) is 8.32. The molecule has 0 bridgehead atoms. The van der Waals surface area contributed by atoms with Crippen molar-refractivity contribution in [3.8, 4) is 0 Å². The molecule has 0 aliphatic carbocycles. The van der Waals surface area contributed by atoms with E-state index >= 15 is 0 Å². The summed E-state index contributed by atoms with van der Waals surface area (Å²) < 4.78 is 0. The van der Waals surface area contributed by atoms with Gasteiger partial charge in [0.1, 0.15) is 0 Å². The van der Waals surface area contributed by atoms with Crippen molar-refractivity contribution in [3.63, 3.8) is 0 Å². The third kappa shape index (κ3) is 2.61. The molecule has 11 heavy (non-hydrogen) atoms. The van der Waals surface area contributed by atoms with Gasteiger partial charge in [0, 0.05) is 11.3 Å².